The van der Waals surface area contributed by atoms with Crippen LogP contribution in [0.4, 0.5) is 5.13 Å². The van der Waals surface area contributed by atoms with E-state index < -0.39 is 0 Å². The molecule has 0 aliphatic carbocycles. The molecule has 1 aliphatic heterocycles. The summed E-state index contributed by atoms with van der Waals surface area (Å²) in [6, 6.07) is 0. The van der Waals surface area contributed by atoms with Crippen molar-refractivity contribution in [2.45, 2.75) is 25.7 Å². The number of amides is 1. The smallest absolute Gasteiger partial charge is 0.224 e. The van der Waals surface area contributed by atoms with Gasteiger partial charge in [0, 0.05) is 37.6 Å². The van der Waals surface area contributed by atoms with Gasteiger partial charge < -0.3 is 10.2 Å². The summed E-state index contributed by atoms with van der Waals surface area (Å²) in [5.74, 6) is 0.267. The number of piperidine rings is 1. The van der Waals surface area contributed by atoms with Crippen LogP contribution in [0.3, 0.4) is 0 Å². The Bertz CT molecular complexity index is 320. The van der Waals surface area contributed by atoms with Crippen LogP contribution in [0.1, 0.15) is 25.7 Å². The molecule has 1 saturated heterocycles. The zero-order chi connectivity index (χ0) is 11.2. The summed E-state index contributed by atoms with van der Waals surface area (Å²) in [5, 5.41) is 5.97. The van der Waals surface area contributed by atoms with Gasteiger partial charge in [-0.25, -0.2) is 4.98 Å². The number of likely N-dealkylation sites (tertiary alicyclic amines) is 1. The number of carbonyl (C=O) groups excluding carboxylic acids is 1. The van der Waals surface area contributed by atoms with E-state index in [-0.39, 0.29) is 5.91 Å². The van der Waals surface area contributed by atoms with Crippen molar-refractivity contribution < 1.29 is 4.79 Å². The van der Waals surface area contributed by atoms with E-state index in [0.717, 1.165) is 31.1 Å². The van der Waals surface area contributed by atoms with Gasteiger partial charge in [0.2, 0.25) is 5.91 Å². The average molecular weight is 239 g/mol. The van der Waals surface area contributed by atoms with Crippen LogP contribution in [0.5, 0.6) is 0 Å². The fourth-order valence-corrected chi connectivity index (χ4v) is 2.45. The van der Waals surface area contributed by atoms with Crippen molar-refractivity contribution >= 4 is 22.4 Å². The lowest BCUT2D eigenvalue weighted by atomic mass is 10.1. The van der Waals surface area contributed by atoms with E-state index in [9.17, 15) is 4.79 Å². The molecule has 1 fully saturated rings. The largest absolute Gasteiger partial charge is 0.361 e. The van der Waals surface area contributed by atoms with E-state index in [4.69, 9.17) is 0 Å². The van der Waals surface area contributed by atoms with Crippen LogP contribution in [-0.4, -0.2) is 35.4 Å². The van der Waals surface area contributed by atoms with Gasteiger partial charge in [-0.2, -0.15) is 0 Å². The Morgan fingerprint density at radius 3 is 2.94 bits per heavy atom. The van der Waals surface area contributed by atoms with Crippen LogP contribution < -0.4 is 5.32 Å². The molecule has 2 rings (SSSR count). The SMILES string of the molecule is O=C(CCNc1nccs1)N1CCCCC1. The fraction of sp³-hybridized carbons (Fsp3) is 0.636. The number of rotatable bonds is 4. The second kappa shape index (κ2) is 5.84. The molecule has 0 bridgehead atoms. The van der Waals surface area contributed by atoms with Crippen molar-refractivity contribution in [2.24, 2.45) is 0 Å². The highest BCUT2D eigenvalue weighted by molar-refractivity contribution is 7.13. The first-order chi connectivity index (χ1) is 7.86. The third-order valence-corrected chi connectivity index (χ3v) is 3.49. The van der Waals surface area contributed by atoms with Crippen molar-refractivity contribution in [1.29, 1.82) is 0 Å². The number of hydrogen-bond donors (Lipinski definition) is 1. The number of aromatic nitrogens is 1. The molecule has 0 saturated carbocycles. The van der Waals surface area contributed by atoms with Crippen LogP contribution in [0, 0.1) is 0 Å². The van der Waals surface area contributed by atoms with Gasteiger partial charge in [0.05, 0.1) is 0 Å². The van der Waals surface area contributed by atoms with Gasteiger partial charge in [-0.1, -0.05) is 0 Å². The maximum atomic E-state index is 11.8. The summed E-state index contributed by atoms with van der Waals surface area (Å²) < 4.78 is 0. The molecule has 0 atom stereocenters. The summed E-state index contributed by atoms with van der Waals surface area (Å²) in [6.07, 6.45) is 5.91. The Balaban J connectivity index is 1.67. The Morgan fingerprint density at radius 1 is 1.44 bits per heavy atom. The second-order valence-electron chi connectivity index (χ2n) is 3.96. The van der Waals surface area contributed by atoms with Crippen molar-refractivity contribution in [3.63, 3.8) is 0 Å². The summed E-state index contributed by atoms with van der Waals surface area (Å²) >= 11 is 1.56. The number of hydrogen-bond acceptors (Lipinski definition) is 4. The molecule has 16 heavy (non-hydrogen) atoms. The van der Waals surface area contributed by atoms with Crippen LogP contribution in [0.25, 0.3) is 0 Å². The fourth-order valence-electron chi connectivity index (χ4n) is 1.89. The zero-order valence-corrected chi connectivity index (χ0v) is 10.1. The molecular formula is C11H17N3OS. The highest BCUT2D eigenvalue weighted by atomic mass is 32.1. The van der Waals surface area contributed by atoms with E-state index in [1.807, 2.05) is 10.3 Å². The van der Waals surface area contributed by atoms with Gasteiger partial charge in [0.25, 0.3) is 0 Å². The summed E-state index contributed by atoms with van der Waals surface area (Å²) in [7, 11) is 0. The number of carbonyl (C=O) groups is 1. The molecule has 0 unspecified atom stereocenters. The Kier molecular flexibility index (Phi) is 4.16. The quantitative estimate of drug-likeness (QED) is 0.873. The van der Waals surface area contributed by atoms with Gasteiger partial charge in [-0.3, -0.25) is 4.79 Å². The number of nitrogens with zero attached hydrogens (tertiary/aromatic N) is 2. The number of thiazole rings is 1. The van der Waals surface area contributed by atoms with Gasteiger partial charge in [-0.05, 0) is 19.3 Å². The lowest BCUT2D eigenvalue weighted by Gasteiger charge is -2.26. The molecule has 1 amide bonds. The Labute approximate surface area is 99.7 Å². The maximum absolute atomic E-state index is 11.8. The number of anilines is 1. The molecule has 1 aliphatic rings. The first-order valence-corrected chi connectivity index (χ1v) is 6.65. The number of nitrogens with one attached hydrogen (secondary N) is 1. The van der Waals surface area contributed by atoms with Gasteiger partial charge >= 0.3 is 0 Å². The van der Waals surface area contributed by atoms with E-state index in [1.165, 1.54) is 6.42 Å². The topological polar surface area (TPSA) is 45.2 Å². The minimum absolute atomic E-state index is 0.267. The summed E-state index contributed by atoms with van der Waals surface area (Å²) in [4.78, 5) is 17.9. The van der Waals surface area contributed by atoms with Crippen molar-refractivity contribution in [3.05, 3.63) is 11.6 Å². The van der Waals surface area contributed by atoms with E-state index in [1.54, 1.807) is 17.5 Å². The minimum Gasteiger partial charge on any atom is -0.361 e. The predicted octanol–water partition coefficient (Wildman–Crippen LogP) is 1.96. The maximum Gasteiger partial charge on any atom is 0.224 e. The minimum atomic E-state index is 0.267. The second-order valence-corrected chi connectivity index (χ2v) is 4.85. The van der Waals surface area contributed by atoms with Crippen molar-refractivity contribution in [2.75, 3.05) is 25.0 Å². The zero-order valence-electron chi connectivity index (χ0n) is 9.32. The first-order valence-electron chi connectivity index (χ1n) is 5.77. The molecule has 1 aromatic rings. The molecule has 2 heterocycles. The van der Waals surface area contributed by atoms with Crippen molar-refractivity contribution in [3.8, 4) is 0 Å². The molecule has 1 N–H and O–H groups in total. The van der Waals surface area contributed by atoms with Crippen LogP contribution in [0.2, 0.25) is 0 Å². The van der Waals surface area contributed by atoms with Crippen LogP contribution >= 0.6 is 11.3 Å². The van der Waals surface area contributed by atoms with E-state index in [2.05, 4.69) is 10.3 Å². The van der Waals surface area contributed by atoms with Crippen LogP contribution in [-0.2, 0) is 4.79 Å². The highest BCUT2D eigenvalue weighted by Gasteiger charge is 2.15. The average Bonchev–Trinajstić information content (AvgIpc) is 2.83. The third-order valence-electron chi connectivity index (χ3n) is 2.76. The van der Waals surface area contributed by atoms with Gasteiger partial charge in [-0.15, -0.1) is 11.3 Å². The molecule has 0 aromatic carbocycles. The molecule has 0 radical (unpaired) electrons. The van der Waals surface area contributed by atoms with E-state index >= 15 is 0 Å². The predicted molar refractivity (Wildman–Crippen MR) is 65.7 cm³/mol. The molecular weight excluding hydrogens is 222 g/mol. The summed E-state index contributed by atoms with van der Waals surface area (Å²) in [5.41, 5.74) is 0. The monoisotopic (exact) mass is 239 g/mol. The Hall–Kier alpha value is -1.10. The molecule has 4 nitrogen and oxygen atoms in total. The lowest BCUT2D eigenvalue weighted by molar-refractivity contribution is -0.131. The van der Waals surface area contributed by atoms with E-state index in [0.29, 0.717) is 13.0 Å². The molecule has 1 aromatic heterocycles. The summed E-state index contributed by atoms with van der Waals surface area (Å²) in [6.45, 7) is 2.56. The first kappa shape index (κ1) is 11.4. The lowest BCUT2D eigenvalue weighted by Crippen LogP contribution is -2.36. The highest BCUT2D eigenvalue weighted by Crippen LogP contribution is 2.12. The standard InChI is InChI=1S/C11H17N3OS/c15-10(14-7-2-1-3-8-14)4-5-12-11-13-6-9-16-11/h6,9H,1-5,7-8H2,(H,12,13). The molecule has 0 spiro atoms. The normalized spacial score (nSPS) is 16.1. The van der Waals surface area contributed by atoms with Crippen LogP contribution in [0.15, 0.2) is 11.6 Å². The van der Waals surface area contributed by atoms with Crippen molar-refractivity contribution in [1.82, 2.24) is 9.88 Å². The third kappa shape index (κ3) is 3.20. The van der Waals surface area contributed by atoms with Gasteiger partial charge in [0.1, 0.15) is 0 Å². The molecule has 88 valence electrons. The molecule has 5 heteroatoms. The Morgan fingerprint density at radius 2 is 2.25 bits per heavy atom. The van der Waals surface area contributed by atoms with Gasteiger partial charge in [0.15, 0.2) is 5.13 Å².